The zero-order chi connectivity index (χ0) is 17.1. The maximum absolute atomic E-state index is 12.9. The summed E-state index contributed by atoms with van der Waals surface area (Å²) in [6, 6.07) is 5.99. The molecule has 1 aromatic carbocycles. The number of nitrogens with zero attached hydrogens (tertiary/aromatic N) is 3. The second kappa shape index (κ2) is 6.91. The van der Waals surface area contributed by atoms with E-state index < -0.39 is 0 Å². The monoisotopic (exact) mass is 318 g/mol. The van der Waals surface area contributed by atoms with Crippen molar-refractivity contribution in [3.63, 3.8) is 0 Å². The molecule has 2 rings (SSSR count). The number of carbonyl (C=O) groups is 1. The van der Waals surface area contributed by atoms with Crippen LogP contribution in [0.1, 0.15) is 23.9 Å². The van der Waals surface area contributed by atoms with Crippen molar-refractivity contribution in [1.82, 2.24) is 14.7 Å². The van der Waals surface area contributed by atoms with E-state index in [-0.39, 0.29) is 17.8 Å². The van der Waals surface area contributed by atoms with Crippen molar-refractivity contribution in [2.75, 3.05) is 12.4 Å². The number of nitrogens with one attached hydrogen (secondary N) is 1. The van der Waals surface area contributed by atoms with E-state index in [1.807, 2.05) is 39.8 Å². The van der Waals surface area contributed by atoms with E-state index in [1.54, 1.807) is 16.8 Å². The van der Waals surface area contributed by atoms with Crippen molar-refractivity contribution >= 4 is 11.6 Å². The SMILES string of the molecule is Cc1nn(C)c(C)c1NC(=O)[C@@H](C)N(C)Cc1ccc(F)cc1. The van der Waals surface area contributed by atoms with Crippen molar-refractivity contribution in [2.24, 2.45) is 7.05 Å². The maximum atomic E-state index is 12.9. The first kappa shape index (κ1) is 17.1. The second-order valence-electron chi connectivity index (χ2n) is 5.88. The molecule has 1 N–H and O–H groups in total. The lowest BCUT2D eigenvalue weighted by molar-refractivity contribution is -0.120. The molecule has 1 amide bonds. The molecule has 0 radical (unpaired) electrons. The van der Waals surface area contributed by atoms with Crippen LogP contribution in [0.25, 0.3) is 0 Å². The Morgan fingerprint density at radius 2 is 1.96 bits per heavy atom. The molecule has 124 valence electrons. The van der Waals surface area contributed by atoms with Crippen LogP contribution in [0.3, 0.4) is 0 Å². The van der Waals surface area contributed by atoms with E-state index in [2.05, 4.69) is 10.4 Å². The molecule has 5 nitrogen and oxygen atoms in total. The van der Waals surface area contributed by atoms with E-state index in [0.717, 1.165) is 22.6 Å². The van der Waals surface area contributed by atoms with Gasteiger partial charge in [0.15, 0.2) is 0 Å². The summed E-state index contributed by atoms with van der Waals surface area (Å²) < 4.78 is 14.7. The van der Waals surface area contributed by atoms with Gasteiger partial charge in [0.05, 0.1) is 23.1 Å². The minimum absolute atomic E-state index is 0.0891. The summed E-state index contributed by atoms with van der Waals surface area (Å²) in [5, 5.41) is 7.25. The van der Waals surface area contributed by atoms with Crippen LogP contribution in [0.5, 0.6) is 0 Å². The highest BCUT2D eigenvalue weighted by Gasteiger charge is 2.21. The number of anilines is 1. The zero-order valence-corrected chi connectivity index (χ0v) is 14.2. The molecule has 23 heavy (non-hydrogen) atoms. The molecular formula is C17H23FN4O. The number of aromatic nitrogens is 2. The van der Waals surface area contributed by atoms with E-state index in [1.165, 1.54) is 12.1 Å². The molecular weight excluding hydrogens is 295 g/mol. The third-order valence-electron chi connectivity index (χ3n) is 4.14. The average Bonchev–Trinajstić information content (AvgIpc) is 2.75. The molecule has 2 aromatic rings. The van der Waals surface area contributed by atoms with Crippen molar-refractivity contribution in [3.8, 4) is 0 Å². The summed E-state index contributed by atoms with van der Waals surface area (Å²) >= 11 is 0. The highest BCUT2D eigenvalue weighted by molar-refractivity contribution is 5.95. The van der Waals surface area contributed by atoms with Gasteiger partial charge in [0.2, 0.25) is 5.91 Å². The van der Waals surface area contributed by atoms with E-state index in [9.17, 15) is 9.18 Å². The summed E-state index contributed by atoms with van der Waals surface area (Å²) in [5.74, 6) is -0.349. The number of halogens is 1. The highest BCUT2D eigenvalue weighted by atomic mass is 19.1. The molecule has 0 aliphatic carbocycles. The maximum Gasteiger partial charge on any atom is 0.241 e. The Kier molecular flexibility index (Phi) is 5.15. The number of amides is 1. The number of rotatable bonds is 5. The van der Waals surface area contributed by atoms with Crippen molar-refractivity contribution in [2.45, 2.75) is 33.4 Å². The van der Waals surface area contributed by atoms with Crippen LogP contribution in [-0.4, -0.2) is 33.7 Å². The van der Waals surface area contributed by atoms with Crippen molar-refractivity contribution < 1.29 is 9.18 Å². The predicted octanol–water partition coefficient (Wildman–Crippen LogP) is 2.64. The summed E-state index contributed by atoms with van der Waals surface area (Å²) in [6.45, 7) is 6.21. The van der Waals surface area contributed by atoms with Gasteiger partial charge in [-0.1, -0.05) is 12.1 Å². The van der Waals surface area contributed by atoms with E-state index in [4.69, 9.17) is 0 Å². The number of hydrogen-bond donors (Lipinski definition) is 1. The first-order valence-electron chi connectivity index (χ1n) is 7.55. The first-order chi connectivity index (χ1) is 10.8. The molecule has 0 saturated carbocycles. The fourth-order valence-corrected chi connectivity index (χ4v) is 2.40. The van der Waals surface area contributed by atoms with Gasteiger partial charge in [-0.15, -0.1) is 0 Å². The summed E-state index contributed by atoms with van der Waals surface area (Å²) in [7, 11) is 3.72. The topological polar surface area (TPSA) is 50.2 Å². The Labute approximate surface area is 136 Å². The quantitative estimate of drug-likeness (QED) is 0.922. The van der Waals surface area contributed by atoms with Crippen LogP contribution < -0.4 is 5.32 Å². The second-order valence-corrected chi connectivity index (χ2v) is 5.88. The number of likely N-dealkylation sites (N-methyl/N-ethyl adjacent to an activating group) is 1. The van der Waals surface area contributed by atoms with Gasteiger partial charge >= 0.3 is 0 Å². The lowest BCUT2D eigenvalue weighted by Crippen LogP contribution is -2.39. The number of benzene rings is 1. The molecule has 0 saturated heterocycles. The Balaban J connectivity index is 2.02. The smallest absolute Gasteiger partial charge is 0.241 e. The van der Waals surface area contributed by atoms with Gasteiger partial charge in [-0.3, -0.25) is 14.4 Å². The molecule has 0 spiro atoms. The van der Waals surface area contributed by atoms with Gasteiger partial charge in [-0.25, -0.2) is 4.39 Å². The zero-order valence-electron chi connectivity index (χ0n) is 14.2. The third-order valence-corrected chi connectivity index (χ3v) is 4.14. The highest BCUT2D eigenvalue weighted by Crippen LogP contribution is 2.19. The van der Waals surface area contributed by atoms with Crippen LogP contribution in [0.15, 0.2) is 24.3 Å². The van der Waals surface area contributed by atoms with Crippen LogP contribution in [0.4, 0.5) is 10.1 Å². The van der Waals surface area contributed by atoms with Crippen molar-refractivity contribution in [3.05, 3.63) is 47.0 Å². The molecule has 0 aliphatic rings. The first-order valence-corrected chi connectivity index (χ1v) is 7.55. The van der Waals surface area contributed by atoms with Gasteiger partial charge in [-0.05, 0) is 45.5 Å². The van der Waals surface area contributed by atoms with Gasteiger partial charge in [-0.2, -0.15) is 5.10 Å². The van der Waals surface area contributed by atoms with Crippen LogP contribution in [0, 0.1) is 19.7 Å². The van der Waals surface area contributed by atoms with Gasteiger partial charge < -0.3 is 5.32 Å². The fourth-order valence-electron chi connectivity index (χ4n) is 2.40. The summed E-state index contributed by atoms with van der Waals surface area (Å²) in [5.41, 5.74) is 3.44. The van der Waals surface area contributed by atoms with Crippen LogP contribution in [0.2, 0.25) is 0 Å². The van der Waals surface area contributed by atoms with Gasteiger partial charge in [0.1, 0.15) is 5.82 Å². The molecule has 1 aromatic heterocycles. The standard InChI is InChI=1S/C17H23FN4O/c1-11-16(12(2)22(5)20-11)19-17(23)13(3)21(4)10-14-6-8-15(18)9-7-14/h6-9,13H,10H2,1-5H3,(H,19,23)/t13-/m1/s1. The minimum atomic E-state index is -0.320. The Morgan fingerprint density at radius 3 is 2.48 bits per heavy atom. The lowest BCUT2D eigenvalue weighted by Gasteiger charge is -2.24. The molecule has 1 atom stereocenters. The molecule has 1 heterocycles. The Bertz CT molecular complexity index is 693. The van der Waals surface area contributed by atoms with Crippen molar-refractivity contribution in [1.29, 1.82) is 0 Å². The molecule has 0 bridgehead atoms. The normalized spacial score (nSPS) is 12.5. The van der Waals surface area contributed by atoms with E-state index >= 15 is 0 Å². The third kappa shape index (κ3) is 3.96. The lowest BCUT2D eigenvalue weighted by atomic mass is 10.2. The van der Waals surface area contributed by atoms with E-state index in [0.29, 0.717) is 6.54 Å². The molecule has 0 fully saturated rings. The number of hydrogen-bond acceptors (Lipinski definition) is 3. The Morgan fingerprint density at radius 1 is 1.35 bits per heavy atom. The van der Waals surface area contributed by atoms with Gasteiger partial charge in [0.25, 0.3) is 0 Å². The average molecular weight is 318 g/mol. The molecule has 0 unspecified atom stereocenters. The molecule has 6 heteroatoms. The predicted molar refractivity (Wildman–Crippen MR) is 88.6 cm³/mol. The number of carbonyl (C=O) groups excluding carboxylic acids is 1. The van der Waals surface area contributed by atoms with Crippen LogP contribution in [-0.2, 0) is 18.4 Å². The van der Waals surface area contributed by atoms with Gasteiger partial charge in [0, 0.05) is 13.6 Å². The number of aryl methyl sites for hydroxylation is 2. The Hall–Kier alpha value is -2.21. The summed E-state index contributed by atoms with van der Waals surface area (Å²) in [6.07, 6.45) is 0. The summed E-state index contributed by atoms with van der Waals surface area (Å²) in [4.78, 5) is 14.4. The molecule has 0 aliphatic heterocycles. The van der Waals surface area contributed by atoms with Crippen LogP contribution >= 0.6 is 0 Å². The fraction of sp³-hybridized carbons (Fsp3) is 0.412. The minimum Gasteiger partial charge on any atom is -0.322 e. The largest absolute Gasteiger partial charge is 0.322 e.